The molecule has 212 valence electrons. The first-order chi connectivity index (χ1) is 17.9. The predicted molar refractivity (Wildman–Crippen MR) is 163 cm³/mol. The van der Waals surface area contributed by atoms with Crippen LogP contribution < -0.4 is 16.0 Å². The van der Waals surface area contributed by atoms with Crippen molar-refractivity contribution in [3.8, 4) is 0 Å². The van der Waals surface area contributed by atoms with E-state index in [0.717, 1.165) is 36.8 Å². The third-order valence-corrected chi connectivity index (χ3v) is 5.67. The molecule has 0 aliphatic carbocycles. The minimum Gasteiger partial charge on any atom is -0.412 e. The Balaban J connectivity index is 0.00000326. The van der Waals surface area contributed by atoms with E-state index in [2.05, 4.69) is 70.6 Å². The molecule has 0 radical (unpaired) electrons. The normalized spacial score (nSPS) is 12.6. The number of rotatable bonds is 16. The highest BCUT2D eigenvalue weighted by molar-refractivity contribution is 5.60. The molecule has 0 amide bonds. The zero-order valence-corrected chi connectivity index (χ0v) is 24.0. The topological polar surface area (TPSA) is 109 Å². The van der Waals surface area contributed by atoms with Crippen LogP contribution in [0.5, 0.6) is 0 Å². The fraction of sp³-hybridized carbons (Fsp3) is 0.433. The number of aromatic nitrogens is 2. The number of aliphatic hydroxyl groups is 1. The fourth-order valence-corrected chi connectivity index (χ4v) is 3.80. The Morgan fingerprint density at radius 1 is 1.16 bits per heavy atom. The molecule has 0 saturated carbocycles. The quantitative estimate of drug-likeness (QED) is 0.197. The Labute approximate surface area is 230 Å². The lowest BCUT2D eigenvalue weighted by Gasteiger charge is -2.22. The Hall–Kier alpha value is -3.01. The zero-order valence-electron chi connectivity index (χ0n) is 24.0. The van der Waals surface area contributed by atoms with E-state index in [1.54, 1.807) is 6.08 Å². The maximum atomic E-state index is 10.5. The van der Waals surface area contributed by atoms with Gasteiger partial charge in [0, 0.05) is 39.8 Å². The van der Waals surface area contributed by atoms with Gasteiger partial charge in [-0.2, -0.15) is 0 Å². The zero-order chi connectivity index (χ0) is 27.5. The third-order valence-electron chi connectivity index (χ3n) is 5.67. The molecule has 0 bridgehead atoms. The molecule has 0 spiro atoms. The number of likely N-dealkylation sites (N-methyl/N-ethyl adjacent to an activating group) is 1. The highest BCUT2D eigenvalue weighted by Crippen LogP contribution is 2.22. The average Bonchev–Trinajstić information content (AvgIpc) is 3.24. The Bertz CT molecular complexity index is 955. The van der Waals surface area contributed by atoms with Crippen molar-refractivity contribution >= 4 is 12.2 Å². The molecule has 2 rings (SSSR count). The molecule has 2 aromatic rings. The molecule has 0 fully saturated rings. The SMILES string of the molecule is C=CC.C=Cc1c(/C=C\C)nc(C(C)NCC(O)NCCN(CC)C/C=C/NC)n1Cc1ccccc1.O. The molecule has 8 heteroatoms. The van der Waals surface area contributed by atoms with Crippen LogP contribution in [0, 0.1) is 0 Å². The van der Waals surface area contributed by atoms with Gasteiger partial charge in [0.15, 0.2) is 0 Å². The van der Waals surface area contributed by atoms with Crippen LogP contribution in [0.15, 0.2) is 67.9 Å². The standard InChI is InChI=1S/C27H42N6O.C3H6.H2O/c1-6-13-24-25(7-2)33(21-23-14-10-9-11-15-23)27(31-24)22(4)30-20-26(34)29-17-19-32(8-3)18-12-16-28-5;1-3-2;/h6-7,9-16,22,26,28-30,34H,2,8,17-21H2,1,3-5H3;3H,1H2,2H3;1H2/b13-6-,16-12+;;. The predicted octanol–water partition coefficient (Wildman–Crippen LogP) is 3.59. The number of benzene rings is 1. The summed E-state index contributed by atoms with van der Waals surface area (Å²) in [5.74, 6) is 0.924. The van der Waals surface area contributed by atoms with E-state index in [9.17, 15) is 5.11 Å². The van der Waals surface area contributed by atoms with Gasteiger partial charge >= 0.3 is 0 Å². The van der Waals surface area contributed by atoms with E-state index >= 15 is 0 Å². The highest BCUT2D eigenvalue weighted by Gasteiger charge is 2.19. The van der Waals surface area contributed by atoms with Crippen molar-refractivity contribution in [3.63, 3.8) is 0 Å². The molecule has 1 heterocycles. The summed E-state index contributed by atoms with van der Waals surface area (Å²) in [5.41, 5.74) is 3.11. The summed E-state index contributed by atoms with van der Waals surface area (Å²) in [7, 11) is 1.90. The first kappa shape index (κ1) is 35.0. The van der Waals surface area contributed by atoms with Crippen LogP contribution in [0.25, 0.3) is 12.2 Å². The summed E-state index contributed by atoms with van der Waals surface area (Å²) in [6.07, 6.45) is 11.0. The molecule has 1 aromatic carbocycles. The van der Waals surface area contributed by atoms with Crippen molar-refractivity contribution in [2.45, 2.75) is 46.5 Å². The molecule has 2 atom stereocenters. The van der Waals surface area contributed by atoms with E-state index in [0.29, 0.717) is 19.6 Å². The summed E-state index contributed by atoms with van der Waals surface area (Å²) >= 11 is 0. The largest absolute Gasteiger partial charge is 0.412 e. The molecule has 0 aliphatic rings. The molecule has 38 heavy (non-hydrogen) atoms. The van der Waals surface area contributed by atoms with Gasteiger partial charge in [0.05, 0.1) is 17.4 Å². The van der Waals surface area contributed by atoms with Crippen LogP contribution >= 0.6 is 0 Å². The number of hydrogen-bond donors (Lipinski definition) is 4. The van der Waals surface area contributed by atoms with Crippen LogP contribution in [0.2, 0.25) is 0 Å². The minimum atomic E-state index is -0.638. The van der Waals surface area contributed by atoms with Crippen molar-refractivity contribution in [3.05, 3.63) is 90.7 Å². The van der Waals surface area contributed by atoms with Crippen LogP contribution in [0.1, 0.15) is 56.5 Å². The fourth-order valence-electron chi connectivity index (χ4n) is 3.80. The van der Waals surface area contributed by atoms with Crippen LogP contribution in [0.3, 0.4) is 0 Å². The van der Waals surface area contributed by atoms with Crippen LogP contribution in [-0.2, 0) is 6.54 Å². The maximum absolute atomic E-state index is 10.5. The summed E-state index contributed by atoms with van der Waals surface area (Å²) in [4.78, 5) is 7.21. The van der Waals surface area contributed by atoms with Gasteiger partial charge in [-0.15, -0.1) is 6.58 Å². The minimum absolute atomic E-state index is 0. The number of imidazole rings is 1. The van der Waals surface area contributed by atoms with E-state index < -0.39 is 6.23 Å². The lowest BCUT2D eigenvalue weighted by atomic mass is 10.2. The van der Waals surface area contributed by atoms with Crippen molar-refractivity contribution in [2.24, 2.45) is 0 Å². The molecule has 1 aromatic heterocycles. The molecule has 0 aliphatic heterocycles. The van der Waals surface area contributed by atoms with Crippen molar-refractivity contribution in [1.29, 1.82) is 0 Å². The number of allylic oxidation sites excluding steroid dienone is 2. The van der Waals surface area contributed by atoms with Crippen molar-refractivity contribution in [1.82, 2.24) is 30.4 Å². The van der Waals surface area contributed by atoms with E-state index in [4.69, 9.17) is 4.98 Å². The highest BCUT2D eigenvalue weighted by atomic mass is 16.3. The van der Waals surface area contributed by atoms with Gasteiger partial charge < -0.3 is 25.8 Å². The number of nitrogens with one attached hydrogen (secondary N) is 3. The molecule has 0 saturated heterocycles. The lowest BCUT2D eigenvalue weighted by Crippen LogP contribution is -2.43. The van der Waals surface area contributed by atoms with E-state index in [-0.39, 0.29) is 11.5 Å². The second-order valence-corrected chi connectivity index (χ2v) is 8.61. The Morgan fingerprint density at radius 3 is 2.42 bits per heavy atom. The summed E-state index contributed by atoms with van der Waals surface area (Å²) in [6, 6.07) is 10.3. The second kappa shape index (κ2) is 21.0. The first-order valence-electron chi connectivity index (χ1n) is 13.1. The van der Waals surface area contributed by atoms with Gasteiger partial charge in [-0.25, -0.2) is 4.98 Å². The summed E-state index contributed by atoms with van der Waals surface area (Å²) in [5, 5.41) is 20.1. The van der Waals surface area contributed by atoms with E-state index in [1.807, 2.05) is 63.5 Å². The molecule has 2 unspecified atom stereocenters. The van der Waals surface area contributed by atoms with Crippen molar-refractivity contribution < 1.29 is 10.6 Å². The Morgan fingerprint density at radius 2 is 1.84 bits per heavy atom. The molecular weight excluding hydrogens is 476 g/mol. The van der Waals surface area contributed by atoms with Crippen LogP contribution in [-0.4, -0.2) is 71.0 Å². The Kier molecular flexibility index (Phi) is 19.3. The summed E-state index contributed by atoms with van der Waals surface area (Å²) < 4.78 is 2.20. The molecule has 8 nitrogen and oxygen atoms in total. The third kappa shape index (κ3) is 12.5. The van der Waals surface area contributed by atoms with Gasteiger partial charge in [-0.3, -0.25) is 10.2 Å². The maximum Gasteiger partial charge on any atom is 0.127 e. The van der Waals surface area contributed by atoms with Crippen LogP contribution in [0.4, 0.5) is 0 Å². The van der Waals surface area contributed by atoms with E-state index in [1.165, 1.54) is 5.56 Å². The number of aliphatic hydroxyl groups excluding tert-OH is 1. The van der Waals surface area contributed by atoms with Gasteiger partial charge in [-0.05, 0) is 51.2 Å². The second-order valence-electron chi connectivity index (χ2n) is 8.61. The molecular formula is C30H50N6O2. The monoisotopic (exact) mass is 526 g/mol. The van der Waals surface area contributed by atoms with Gasteiger partial charge in [0.2, 0.25) is 0 Å². The average molecular weight is 527 g/mol. The summed E-state index contributed by atoms with van der Waals surface area (Å²) in [6.45, 7) is 20.1. The van der Waals surface area contributed by atoms with Gasteiger partial charge in [-0.1, -0.05) is 62.1 Å². The number of hydrogen-bond acceptors (Lipinski definition) is 6. The van der Waals surface area contributed by atoms with Gasteiger partial charge in [0.1, 0.15) is 12.1 Å². The first-order valence-corrected chi connectivity index (χ1v) is 13.1. The van der Waals surface area contributed by atoms with Gasteiger partial charge in [0.25, 0.3) is 0 Å². The molecule has 6 N–H and O–H groups in total. The number of nitrogens with zero attached hydrogens (tertiary/aromatic N) is 3. The smallest absolute Gasteiger partial charge is 0.127 e. The van der Waals surface area contributed by atoms with Crippen molar-refractivity contribution in [2.75, 3.05) is 39.8 Å². The lowest BCUT2D eigenvalue weighted by molar-refractivity contribution is 0.127.